The molecule has 0 spiro atoms. The first-order valence-electron chi connectivity index (χ1n) is 5.55. The molecule has 2 amide bonds. The molecule has 2 N–H and O–H groups in total. The van der Waals surface area contributed by atoms with Crippen molar-refractivity contribution in [2.75, 3.05) is 6.54 Å². The van der Waals surface area contributed by atoms with Crippen LogP contribution in [0.5, 0.6) is 0 Å². The standard InChI is InChI=1S/C13H17ClN2O/c1-10(2)9-16-13(17)15-8-7-11-5-3-4-6-12(11)14/h3-8,10H,9H2,1-2H3,(H2,15,16,17)/b8-7+. The average molecular weight is 253 g/mol. The quantitative estimate of drug-likeness (QED) is 0.849. The summed E-state index contributed by atoms with van der Waals surface area (Å²) in [5.41, 5.74) is 0.873. The van der Waals surface area contributed by atoms with Crippen LogP contribution in [0.15, 0.2) is 30.5 Å². The van der Waals surface area contributed by atoms with E-state index < -0.39 is 0 Å². The molecule has 0 radical (unpaired) electrons. The Hall–Kier alpha value is -1.48. The summed E-state index contributed by atoms with van der Waals surface area (Å²) in [6, 6.07) is 7.24. The topological polar surface area (TPSA) is 41.1 Å². The maximum Gasteiger partial charge on any atom is 0.318 e. The zero-order valence-electron chi connectivity index (χ0n) is 10.0. The fourth-order valence-electron chi connectivity index (χ4n) is 1.17. The van der Waals surface area contributed by atoms with Crippen molar-refractivity contribution in [3.63, 3.8) is 0 Å². The fraction of sp³-hybridized carbons (Fsp3) is 0.308. The highest BCUT2D eigenvalue weighted by molar-refractivity contribution is 6.32. The molecule has 1 aromatic carbocycles. The number of urea groups is 1. The summed E-state index contributed by atoms with van der Waals surface area (Å²) in [6.45, 7) is 4.74. The van der Waals surface area contributed by atoms with Gasteiger partial charge in [0.1, 0.15) is 0 Å². The average Bonchev–Trinajstić information content (AvgIpc) is 2.29. The fourth-order valence-corrected chi connectivity index (χ4v) is 1.36. The lowest BCUT2D eigenvalue weighted by molar-refractivity contribution is 0.243. The Bertz CT molecular complexity index is 402. The maximum atomic E-state index is 11.3. The van der Waals surface area contributed by atoms with Crippen molar-refractivity contribution in [3.05, 3.63) is 41.1 Å². The summed E-state index contributed by atoms with van der Waals surface area (Å²) in [4.78, 5) is 11.3. The molecule has 0 fully saturated rings. The van der Waals surface area contributed by atoms with Gasteiger partial charge in [-0.1, -0.05) is 43.6 Å². The van der Waals surface area contributed by atoms with Crippen molar-refractivity contribution in [1.82, 2.24) is 10.6 Å². The number of benzene rings is 1. The molecule has 1 aromatic rings. The van der Waals surface area contributed by atoms with Crippen LogP contribution in [0.4, 0.5) is 4.79 Å². The zero-order chi connectivity index (χ0) is 12.7. The molecule has 17 heavy (non-hydrogen) atoms. The number of nitrogens with one attached hydrogen (secondary N) is 2. The first-order valence-corrected chi connectivity index (χ1v) is 5.93. The van der Waals surface area contributed by atoms with Gasteiger partial charge in [0.25, 0.3) is 0 Å². The second kappa shape index (κ2) is 6.97. The predicted molar refractivity (Wildman–Crippen MR) is 71.9 cm³/mol. The molecule has 0 bridgehead atoms. The molecule has 3 nitrogen and oxygen atoms in total. The third-order valence-corrected chi connectivity index (χ3v) is 2.40. The van der Waals surface area contributed by atoms with Gasteiger partial charge >= 0.3 is 6.03 Å². The highest BCUT2D eigenvalue weighted by Gasteiger charge is 1.98. The number of hydrogen-bond donors (Lipinski definition) is 2. The zero-order valence-corrected chi connectivity index (χ0v) is 10.8. The molecule has 0 aliphatic rings. The van der Waals surface area contributed by atoms with Gasteiger partial charge in [-0.15, -0.1) is 0 Å². The van der Waals surface area contributed by atoms with E-state index in [9.17, 15) is 4.79 Å². The lowest BCUT2D eigenvalue weighted by atomic mass is 10.2. The Balaban J connectivity index is 2.40. The maximum absolute atomic E-state index is 11.3. The minimum Gasteiger partial charge on any atom is -0.338 e. The summed E-state index contributed by atoms with van der Waals surface area (Å²) in [7, 11) is 0. The second-order valence-corrected chi connectivity index (χ2v) is 4.51. The number of hydrogen-bond acceptors (Lipinski definition) is 1. The van der Waals surface area contributed by atoms with Gasteiger partial charge in [-0.2, -0.15) is 0 Å². The molecule has 1 rings (SSSR count). The number of rotatable bonds is 4. The molecule has 0 saturated carbocycles. The van der Waals surface area contributed by atoms with Gasteiger partial charge < -0.3 is 10.6 Å². The Morgan fingerprint density at radius 2 is 2.12 bits per heavy atom. The molecule has 92 valence electrons. The van der Waals surface area contributed by atoms with Crippen LogP contribution in [0.1, 0.15) is 19.4 Å². The van der Waals surface area contributed by atoms with E-state index in [2.05, 4.69) is 10.6 Å². The number of carbonyl (C=O) groups is 1. The summed E-state index contributed by atoms with van der Waals surface area (Å²) < 4.78 is 0. The Morgan fingerprint density at radius 3 is 2.76 bits per heavy atom. The first-order chi connectivity index (χ1) is 8.09. The molecule has 0 atom stereocenters. The van der Waals surface area contributed by atoms with Gasteiger partial charge in [0.05, 0.1) is 0 Å². The lowest BCUT2D eigenvalue weighted by Crippen LogP contribution is -2.34. The molecule has 0 aliphatic carbocycles. The minimum absolute atomic E-state index is 0.206. The first kappa shape index (κ1) is 13.6. The molecule has 0 unspecified atom stereocenters. The van der Waals surface area contributed by atoms with Crippen molar-refractivity contribution in [2.45, 2.75) is 13.8 Å². The van der Waals surface area contributed by atoms with Crippen LogP contribution in [0.25, 0.3) is 6.08 Å². The van der Waals surface area contributed by atoms with Gasteiger partial charge in [0.15, 0.2) is 0 Å². The monoisotopic (exact) mass is 252 g/mol. The van der Waals surface area contributed by atoms with E-state index in [1.54, 1.807) is 18.3 Å². The van der Waals surface area contributed by atoms with Gasteiger partial charge in [-0.25, -0.2) is 4.79 Å². The van der Waals surface area contributed by atoms with E-state index in [0.717, 1.165) is 5.56 Å². The Morgan fingerprint density at radius 1 is 1.41 bits per heavy atom. The summed E-state index contributed by atoms with van der Waals surface area (Å²) in [5.74, 6) is 0.438. The molecule has 0 saturated heterocycles. The van der Waals surface area contributed by atoms with Crippen LogP contribution in [-0.4, -0.2) is 12.6 Å². The van der Waals surface area contributed by atoms with E-state index in [-0.39, 0.29) is 6.03 Å². The number of carbonyl (C=O) groups excluding carboxylic acids is 1. The molecule has 0 aromatic heterocycles. The van der Waals surface area contributed by atoms with Crippen molar-refractivity contribution in [3.8, 4) is 0 Å². The highest BCUT2D eigenvalue weighted by atomic mass is 35.5. The second-order valence-electron chi connectivity index (χ2n) is 4.10. The largest absolute Gasteiger partial charge is 0.338 e. The van der Waals surface area contributed by atoms with E-state index in [1.165, 1.54) is 0 Å². The molecular formula is C13H17ClN2O. The Kier molecular flexibility index (Phi) is 5.57. The van der Waals surface area contributed by atoms with E-state index in [0.29, 0.717) is 17.5 Å². The van der Waals surface area contributed by atoms with Gasteiger partial charge in [0.2, 0.25) is 0 Å². The van der Waals surface area contributed by atoms with Crippen molar-refractivity contribution in [1.29, 1.82) is 0 Å². The predicted octanol–water partition coefficient (Wildman–Crippen LogP) is 3.27. The third-order valence-electron chi connectivity index (χ3n) is 2.05. The summed E-state index contributed by atoms with van der Waals surface area (Å²) in [5, 5.41) is 6.03. The van der Waals surface area contributed by atoms with Crippen LogP contribution >= 0.6 is 11.6 Å². The summed E-state index contributed by atoms with van der Waals surface area (Å²) >= 11 is 5.96. The molecule has 0 heterocycles. The van der Waals surface area contributed by atoms with Crippen molar-refractivity contribution >= 4 is 23.7 Å². The normalized spacial score (nSPS) is 10.8. The smallest absolute Gasteiger partial charge is 0.318 e. The molecular weight excluding hydrogens is 236 g/mol. The van der Waals surface area contributed by atoms with E-state index >= 15 is 0 Å². The van der Waals surface area contributed by atoms with Gasteiger partial charge in [-0.3, -0.25) is 0 Å². The van der Waals surface area contributed by atoms with Crippen LogP contribution in [0.2, 0.25) is 5.02 Å². The number of amides is 2. The van der Waals surface area contributed by atoms with E-state index in [1.807, 2.05) is 32.0 Å². The number of halogens is 1. The van der Waals surface area contributed by atoms with Gasteiger partial charge in [-0.05, 0) is 23.6 Å². The van der Waals surface area contributed by atoms with Crippen LogP contribution < -0.4 is 10.6 Å². The van der Waals surface area contributed by atoms with Crippen LogP contribution in [0, 0.1) is 5.92 Å². The SMILES string of the molecule is CC(C)CNC(=O)N/C=C/c1ccccc1Cl. The molecule has 4 heteroatoms. The summed E-state index contributed by atoms with van der Waals surface area (Å²) in [6.07, 6.45) is 3.34. The van der Waals surface area contributed by atoms with Crippen LogP contribution in [-0.2, 0) is 0 Å². The Labute approximate surface area is 107 Å². The van der Waals surface area contributed by atoms with Gasteiger partial charge in [0, 0.05) is 17.8 Å². The minimum atomic E-state index is -0.206. The third kappa shape index (κ3) is 5.41. The van der Waals surface area contributed by atoms with Crippen molar-refractivity contribution < 1.29 is 4.79 Å². The highest BCUT2D eigenvalue weighted by Crippen LogP contribution is 2.15. The lowest BCUT2D eigenvalue weighted by Gasteiger charge is -2.06. The molecule has 0 aliphatic heterocycles. The van der Waals surface area contributed by atoms with Crippen LogP contribution in [0.3, 0.4) is 0 Å². The van der Waals surface area contributed by atoms with Crippen molar-refractivity contribution in [2.24, 2.45) is 5.92 Å². The van der Waals surface area contributed by atoms with E-state index in [4.69, 9.17) is 11.6 Å².